The van der Waals surface area contributed by atoms with Gasteiger partial charge in [-0.2, -0.15) is 0 Å². The van der Waals surface area contributed by atoms with Crippen molar-refractivity contribution in [2.24, 2.45) is 0 Å². The summed E-state index contributed by atoms with van der Waals surface area (Å²) in [6.45, 7) is 0.806. The van der Waals surface area contributed by atoms with Crippen molar-refractivity contribution in [1.82, 2.24) is 4.90 Å². The number of hydrogen-bond acceptors (Lipinski definition) is 7. The molecular formula is C20H22N2O6. The smallest absolute Gasteiger partial charge is 0.323 e. The lowest BCUT2D eigenvalue weighted by Gasteiger charge is -2.22. The molecule has 28 heavy (non-hydrogen) atoms. The molecule has 8 nitrogen and oxygen atoms in total. The Hall–Kier alpha value is -2.97. The Morgan fingerprint density at radius 2 is 2.07 bits per heavy atom. The van der Waals surface area contributed by atoms with E-state index in [2.05, 4.69) is 0 Å². The summed E-state index contributed by atoms with van der Waals surface area (Å²) in [6.07, 6.45) is -0.251. The number of aliphatic hydroxyl groups is 1. The van der Waals surface area contributed by atoms with Gasteiger partial charge in [0.05, 0.1) is 25.2 Å². The maximum atomic E-state index is 12.0. The zero-order chi connectivity index (χ0) is 20.3. The van der Waals surface area contributed by atoms with Crippen LogP contribution in [0.5, 0.6) is 5.75 Å². The normalized spacial score (nSPS) is 19.4. The summed E-state index contributed by atoms with van der Waals surface area (Å²) in [5.41, 5.74) is 2.28. The molecule has 0 bridgehead atoms. The predicted molar refractivity (Wildman–Crippen MR) is 102 cm³/mol. The molecule has 2 aromatic rings. The summed E-state index contributed by atoms with van der Waals surface area (Å²) in [4.78, 5) is 24.5. The molecule has 0 saturated carbocycles. The van der Waals surface area contributed by atoms with Crippen LogP contribution >= 0.6 is 0 Å². The minimum Gasteiger partial charge on any atom is -0.496 e. The van der Waals surface area contributed by atoms with E-state index in [1.165, 1.54) is 19.2 Å². The number of β-amino-alcohol motifs (C(OH)–C–C–N with tert-alkyl or cyclic N) is 1. The van der Waals surface area contributed by atoms with E-state index in [4.69, 9.17) is 9.47 Å². The van der Waals surface area contributed by atoms with Crippen molar-refractivity contribution in [3.8, 4) is 16.9 Å². The average Bonchev–Trinajstić information content (AvgIpc) is 3.07. The molecule has 0 aliphatic carbocycles. The van der Waals surface area contributed by atoms with Crippen molar-refractivity contribution in [1.29, 1.82) is 0 Å². The van der Waals surface area contributed by atoms with E-state index in [1.807, 2.05) is 17.0 Å². The maximum absolute atomic E-state index is 12.0. The van der Waals surface area contributed by atoms with Crippen LogP contribution in [0.3, 0.4) is 0 Å². The standard InChI is InChI=1S/C20H22N2O6/c1-27-19-7-6-13(11-21-12-16(23)10-18(21)20(24)28-2)8-17(19)14-4-3-5-15(9-14)22(25)26/h3-9,16,18,23H,10-12H2,1-2H3/t16-,18?/m0/s1. The van der Waals surface area contributed by atoms with Gasteiger partial charge in [0, 0.05) is 37.2 Å². The lowest BCUT2D eigenvalue weighted by atomic mass is 10.0. The van der Waals surface area contributed by atoms with Gasteiger partial charge in [-0.3, -0.25) is 19.8 Å². The molecule has 3 rings (SSSR count). The van der Waals surface area contributed by atoms with E-state index in [9.17, 15) is 20.0 Å². The third-order valence-electron chi connectivity index (χ3n) is 4.87. The van der Waals surface area contributed by atoms with Gasteiger partial charge in [0.1, 0.15) is 11.8 Å². The van der Waals surface area contributed by atoms with Crippen LogP contribution in [-0.2, 0) is 16.1 Å². The fourth-order valence-electron chi connectivity index (χ4n) is 3.54. The van der Waals surface area contributed by atoms with E-state index in [-0.39, 0.29) is 11.7 Å². The number of rotatable bonds is 6. The van der Waals surface area contributed by atoms with Gasteiger partial charge in [0.2, 0.25) is 0 Å². The topological polar surface area (TPSA) is 102 Å². The number of nitro benzene ring substituents is 1. The van der Waals surface area contributed by atoms with Gasteiger partial charge in [-0.15, -0.1) is 0 Å². The van der Waals surface area contributed by atoms with E-state index >= 15 is 0 Å². The molecule has 1 N–H and O–H groups in total. The summed E-state index contributed by atoms with van der Waals surface area (Å²) >= 11 is 0. The van der Waals surface area contributed by atoms with Gasteiger partial charge in [0.15, 0.2) is 0 Å². The number of esters is 1. The molecule has 2 aromatic carbocycles. The summed E-state index contributed by atoms with van der Waals surface area (Å²) in [5.74, 6) is 0.221. The van der Waals surface area contributed by atoms with E-state index in [1.54, 1.807) is 25.3 Å². The van der Waals surface area contributed by atoms with Gasteiger partial charge in [-0.05, 0) is 23.3 Å². The van der Waals surface area contributed by atoms with Crippen molar-refractivity contribution in [3.05, 3.63) is 58.1 Å². The third kappa shape index (κ3) is 4.13. The summed E-state index contributed by atoms with van der Waals surface area (Å²) in [5, 5.41) is 21.1. The Kier molecular flexibility index (Phi) is 5.91. The van der Waals surface area contributed by atoms with Crippen LogP contribution < -0.4 is 4.74 Å². The van der Waals surface area contributed by atoms with Crippen molar-refractivity contribution < 1.29 is 24.3 Å². The van der Waals surface area contributed by atoms with Crippen LogP contribution in [0.4, 0.5) is 5.69 Å². The molecule has 1 aliphatic heterocycles. The fourth-order valence-corrected chi connectivity index (χ4v) is 3.54. The molecule has 1 heterocycles. The first-order valence-electron chi connectivity index (χ1n) is 8.84. The van der Waals surface area contributed by atoms with Crippen LogP contribution in [0.25, 0.3) is 11.1 Å². The van der Waals surface area contributed by atoms with Gasteiger partial charge in [0.25, 0.3) is 5.69 Å². The lowest BCUT2D eigenvalue weighted by Crippen LogP contribution is -2.36. The van der Waals surface area contributed by atoms with Gasteiger partial charge in [-0.25, -0.2) is 0 Å². The minimum atomic E-state index is -0.585. The SMILES string of the molecule is COC(=O)C1C[C@H](O)CN1Cc1ccc(OC)c(-c2cccc([N+](=O)[O-])c2)c1. The number of hydrogen-bond donors (Lipinski definition) is 1. The summed E-state index contributed by atoms with van der Waals surface area (Å²) < 4.78 is 10.3. The van der Waals surface area contributed by atoms with Crippen LogP contribution in [0.15, 0.2) is 42.5 Å². The fraction of sp³-hybridized carbons (Fsp3) is 0.350. The van der Waals surface area contributed by atoms with Gasteiger partial charge >= 0.3 is 5.97 Å². The number of likely N-dealkylation sites (tertiary alicyclic amines) is 1. The van der Waals surface area contributed by atoms with Crippen molar-refractivity contribution in [3.63, 3.8) is 0 Å². The monoisotopic (exact) mass is 386 g/mol. The summed E-state index contributed by atoms with van der Waals surface area (Å²) in [6, 6.07) is 11.4. The average molecular weight is 386 g/mol. The zero-order valence-electron chi connectivity index (χ0n) is 15.7. The highest BCUT2D eigenvalue weighted by atomic mass is 16.6. The Bertz CT molecular complexity index is 885. The lowest BCUT2D eigenvalue weighted by molar-refractivity contribution is -0.384. The molecule has 148 valence electrons. The number of ether oxygens (including phenoxy) is 2. The van der Waals surface area contributed by atoms with Crippen molar-refractivity contribution >= 4 is 11.7 Å². The van der Waals surface area contributed by atoms with Crippen molar-refractivity contribution in [2.75, 3.05) is 20.8 Å². The summed E-state index contributed by atoms with van der Waals surface area (Å²) in [7, 11) is 2.87. The van der Waals surface area contributed by atoms with E-state index in [0.717, 1.165) is 11.1 Å². The molecular weight excluding hydrogens is 364 g/mol. The number of nitrogens with zero attached hydrogens (tertiary/aromatic N) is 2. The van der Waals surface area contributed by atoms with Crippen molar-refractivity contribution in [2.45, 2.75) is 25.1 Å². The molecule has 8 heteroatoms. The largest absolute Gasteiger partial charge is 0.496 e. The number of carbonyl (C=O) groups is 1. The molecule has 0 spiro atoms. The molecule has 2 atom stereocenters. The highest BCUT2D eigenvalue weighted by molar-refractivity contribution is 5.76. The molecule has 0 radical (unpaired) electrons. The van der Waals surface area contributed by atoms with Gasteiger partial charge < -0.3 is 14.6 Å². The predicted octanol–water partition coefficient (Wildman–Crippen LogP) is 2.38. The minimum absolute atomic E-state index is 0.00150. The first-order valence-corrected chi connectivity index (χ1v) is 8.84. The van der Waals surface area contributed by atoms with E-state index < -0.39 is 17.1 Å². The molecule has 1 unspecified atom stereocenters. The number of carbonyl (C=O) groups excluding carboxylic acids is 1. The quantitative estimate of drug-likeness (QED) is 0.462. The number of non-ortho nitro benzene ring substituents is 1. The first-order chi connectivity index (χ1) is 13.4. The van der Waals surface area contributed by atoms with Crippen LogP contribution in [0, 0.1) is 10.1 Å². The second-order valence-electron chi connectivity index (χ2n) is 6.70. The Labute approximate surface area is 162 Å². The molecule has 0 amide bonds. The number of aliphatic hydroxyl groups excluding tert-OH is 1. The van der Waals surface area contributed by atoms with E-state index in [0.29, 0.717) is 30.8 Å². The van der Waals surface area contributed by atoms with Gasteiger partial charge in [-0.1, -0.05) is 18.2 Å². The zero-order valence-corrected chi connectivity index (χ0v) is 15.7. The first kappa shape index (κ1) is 19.8. The highest BCUT2D eigenvalue weighted by Gasteiger charge is 2.36. The number of methoxy groups -OCH3 is 2. The number of benzene rings is 2. The Morgan fingerprint density at radius 3 is 2.75 bits per heavy atom. The van der Waals surface area contributed by atoms with Crippen LogP contribution in [0.1, 0.15) is 12.0 Å². The Balaban J connectivity index is 1.92. The Morgan fingerprint density at radius 1 is 1.29 bits per heavy atom. The second-order valence-corrected chi connectivity index (χ2v) is 6.70. The maximum Gasteiger partial charge on any atom is 0.323 e. The third-order valence-corrected chi connectivity index (χ3v) is 4.87. The molecule has 1 saturated heterocycles. The number of nitro groups is 1. The van der Waals surface area contributed by atoms with Crippen LogP contribution in [0.2, 0.25) is 0 Å². The second kappa shape index (κ2) is 8.37. The van der Waals surface area contributed by atoms with Crippen LogP contribution in [-0.4, -0.2) is 53.8 Å². The molecule has 0 aromatic heterocycles. The highest BCUT2D eigenvalue weighted by Crippen LogP contribution is 2.33. The molecule has 1 aliphatic rings. The molecule has 1 fully saturated rings.